The quantitative estimate of drug-likeness (QED) is 0.666. The summed E-state index contributed by atoms with van der Waals surface area (Å²) in [5, 5.41) is 0. The lowest BCUT2D eigenvalue weighted by Crippen LogP contribution is -2.05. The number of allylic oxidation sites excluding steroid dienone is 5. The van der Waals surface area contributed by atoms with E-state index < -0.39 is 0 Å². The predicted molar refractivity (Wildman–Crippen MR) is 94.8 cm³/mol. The topological polar surface area (TPSA) is 26.3 Å². The van der Waals surface area contributed by atoms with Crippen molar-refractivity contribution in [3.63, 3.8) is 0 Å². The second-order valence-corrected chi connectivity index (χ2v) is 6.07. The summed E-state index contributed by atoms with van der Waals surface area (Å²) in [6.07, 6.45) is 6.64. The summed E-state index contributed by atoms with van der Waals surface area (Å²) in [4.78, 5) is 12.3. The Kier molecular flexibility index (Phi) is 4.51. The number of carbonyl (C=O) groups is 1. The fourth-order valence-electron chi connectivity index (χ4n) is 3.48. The molecule has 0 radical (unpaired) electrons. The van der Waals surface area contributed by atoms with Crippen molar-refractivity contribution >= 4 is 17.1 Å². The summed E-state index contributed by atoms with van der Waals surface area (Å²) >= 11 is 0. The van der Waals surface area contributed by atoms with Crippen LogP contribution in [0.5, 0.6) is 0 Å². The van der Waals surface area contributed by atoms with E-state index in [-0.39, 0.29) is 5.97 Å². The number of esters is 1. The van der Waals surface area contributed by atoms with Gasteiger partial charge in [-0.1, -0.05) is 51.0 Å². The van der Waals surface area contributed by atoms with E-state index in [2.05, 4.69) is 19.9 Å². The van der Waals surface area contributed by atoms with Crippen molar-refractivity contribution in [3.05, 3.63) is 58.2 Å². The first-order chi connectivity index (χ1) is 11.2. The highest BCUT2D eigenvalue weighted by molar-refractivity contribution is 6.24. The summed E-state index contributed by atoms with van der Waals surface area (Å²) in [6.45, 7) is 6.70. The molecule has 0 unspecified atom stereocenters. The molecule has 2 aliphatic carbocycles. The fraction of sp³-hybridized carbons (Fsp3) is 0.381. The van der Waals surface area contributed by atoms with Gasteiger partial charge in [0.15, 0.2) is 0 Å². The number of ether oxygens (including phenoxy) is 1. The normalized spacial score (nSPS) is 15.7. The molecule has 3 rings (SSSR count). The Hall–Kier alpha value is -2.09. The number of hydrogen-bond donors (Lipinski definition) is 0. The van der Waals surface area contributed by atoms with Crippen LogP contribution in [0.15, 0.2) is 47.1 Å². The third-order valence-electron chi connectivity index (χ3n) is 4.47. The largest absolute Gasteiger partial charge is 0.462 e. The molecule has 120 valence electrons. The van der Waals surface area contributed by atoms with Crippen LogP contribution in [0, 0.1) is 0 Å². The maximum absolute atomic E-state index is 12.3. The third-order valence-corrected chi connectivity index (χ3v) is 4.47. The molecule has 0 amide bonds. The molecule has 1 aromatic carbocycles. The number of hydrogen-bond acceptors (Lipinski definition) is 2. The molecule has 0 heterocycles. The molecular formula is C21H24O2. The Morgan fingerprint density at radius 2 is 1.57 bits per heavy atom. The van der Waals surface area contributed by atoms with E-state index in [1.807, 2.05) is 31.2 Å². The molecule has 0 saturated carbocycles. The predicted octanol–water partition coefficient (Wildman–Crippen LogP) is 5.31. The third kappa shape index (κ3) is 2.78. The summed E-state index contributed by atoms with van der Waals surface area (Å²) in [5.74, 6) is -0.217. The molecule has 0 atom stereocenters. The average molecular weight is 308 g/mol. The highest BCUT2D eigenvalue weighted by Gasteiger charge is 2.34. The molecule has 0 aromatic heterocycles. The number of fused-ring (bicyclic) bond motifs is 1. The minimum atomic E-state index is -0.217. The summed E-state index contributed by atoms with van der Waals surface area (Å²) in [7, 11) is 0. The number of carbonyl (C=O) groups excluding carboxylic acids is 1. The number of rotatable bonds is 6. The zero-order valence-electron chi connectivity index (χ0n) is 14.2. The Balaban J connectivity index is 2.04. The average Bonchev–Trinajstić information content (AvgIpc) is 3.07. The molecule has 0 bridgehead atoms. The van der Waals surface area contributed by atoms with Crippen LogP contribution < -0.4 is 0 Å². The van der Waals surface area contributed by atoms with Crippen molar-refractivity contribution in [3.8, 4) is 0 Å². The molecule has 0 aliphatic heterocycles. The van der Waals surface area contributed by atoms with E-state index in [0.29, 0.717) is 12.2 Å². The molecule has 1 aromatic rings. The molecule has 0 spiro atoms. The molecule has 0 saturated heterocycles. The van der Waals surface area contributed by atoms with Gasteiger partial charge in [-0.2, -0.15) is 0 Å². The minimum Gasteiger partial charge on any atom is -0.462 e. The Morgan fingerprint density at radius 1 is 0.957 bits per heavy atom. The zero-order chi connectivity index (χ0) is 16.4. The van der Waals surface area contributed by atoms with Gasteiger partial charge in [-0.25, -0.2) is 4.79 Å². The van der Waals surface area contributed by atoms with Gasteiger partial charge in [0.05, 0.1) is 12.2 Å². The number of benzene rings is 1. The van der Waals surface area contributed by atoms with Crippen LogP contribution in [-0.4, -0.2) is 12.6 Å². The van der Waals surface area contributed by atoms with E-state index in [0.717, 1.165) is 31.2 Å². The van der Waals surface area contributed by atoms with Crippen molar-refractivity contribution < 1.29 is 9.53 Å². The van der Waals surface area contributed by atoms with Gasteiger partial charge in [0.1, 0.15) is 0 Å². The van der Waals surface area contributed by atoms with Crippen molar-refractivity contribution in [2.75, 3.05) is 6.61 Å². The lowest BCUT2D eigenvalue weighted by Gasteiger charge is -2.04. The highest BCUT2D eigenvalue weighted by Crippen LogP contribution is 2.52. The van der Waals surface area contributed by atoms with Crippen molar-refractivity contribution in [1.29, 1.82) is 0 Å². The molecule has 0 N–H and O–H groups in total. The van der Waals surface area contributed by atoms with Gasteiger partial charge in [0, 0.05) is 0 Å². The lowest BCUT2D eigenvalue weighted by molar-refractivity contribution is -0.136. The Labute approximate surface area is 138 Å². The van der Waals surface area contributed by atoms with Crippen molar-refractivity contribution in [2.24, 2.45) is 0 Å². The van der Waals surface area contributed by atoms with Crippen molar-refractivity contribution in [2.45, 2.75) is 46.5 Å². The van der Waals surface area contributed by atoms with Crippen LogP contribution in [0.3, 0.4) is 0 Å². The van der Waals surface area contributed by atoms with E-state index in [1.54, 1.807) is 0 Å². The van der Waals surface area contributed by atoms with Gasteiger partial charge in [-0.3, -0.25) is 0 Å². The van der Waals surface area contributed by atoms with Gasteiger partial charge >= 0.3 is 5.97 Å². The van der Waals surface area contributed by atoms with E-state index in [9.17, 15) is 4.79 Å². The SMILES string of the molecule is CCCC1=C(CCC)C1=C1C=C(C(=O)OCC)c2ccccc21. The van der Waals surface area contributed by atoms with Crippen LogP contribution in [0.25, 0.3) is 11.1 Å². The van der Waals surface area contributed by atoms with Gasteiger partial charge < -0.3 is 4.74 Å². The molecular weight excluding hydrogens is 284 g/mol. The highest BCUT2D eigenvalue weighted by atomic mass is 16.5. The monoisotopic (exact) mass is 308 g/mol. The van der Waals surface area contributed by atoms with Gasteiger partial charge in [-0.15, -0.1) is 0 Å². The van der Waals surface area contributed by atoms with Crippen molar-refractivity contribution in [1.82, 2.24) is 0 Å². The fourth-order valence-corrected chi connectivity index (χ4v) is 3.48. The molecule has 23 heavy (non-hydrogen) atoms. The molecule has 2 aliphatic rings. The lowest BCUT2D eigenvalue weighted by atomic mass is 10.0. The molecule has 0 fully saturated rings. The first-order valence-electron chi connectivity index (χ1n) is 8.68. The standard InChI is InChI=1S/C21H24O2/c1-4-9-16-17(10-5-2)20(16)18-13-19(21(22)23-6-3)15-12-8-7-11-14(15)18/h7-8,11-13H,4-6,9-10H2,1-3H3. The van der Waals surface area contributed by atoms with E-state index in [4.69, 9.17) is 4.74 Å². The van der Waals surface area contributed by atoms with Crippen LogP contribution in [-0.2, 0) is 9.53 Å². The maximum Gasteiger partial charge on any atom is 0.338 e. The van der Waals surface area contributed by atoms with Gasteiger partial charge in [0.25, 0.3) is 0 Å². The zero-order valence-corrected chi connectivity index (χ0v) is 14.2. The summed E-state index contributed by atoms with van der Waals surface area (Å²) < 4.78 is 5.24. The van der Waals surface area contributed by atoms with E-state index >= 15 is 0 Å². The molecule has 2 heteroatoms. The summed E-state index contributed by atoms with van der Waals surface area (Å²) in [6, 6.07) is 8.17. The second kappa shape index (κ2) is 6.57. The van der Waals surface area contributed by atoms with Gasteiger partial charge in [-0.05, 0) is 59.3 Å². The Morgan fingerprint density at radius 3 is 2.13 bits per heavy atom. The smallest absolute Gasteiger partial charge is 0.338 e. The maximum atomic E-state index is 12.3. The molecule has 2 nitrogen and oxygen atoms in total. The minimum absolute atomic E-state index is 0.217. The first-order valence-corrected chi connectivity index (χ1v) is 8.68. The van der Waals surface area contributed by atoms with Crippen LogP contribution in [0.1, 0.15) is 57.6 Å². The van der Waals surface area contributed by atoms with Crippen LogP contribution in [0.4, 0.5) is 0 Å². The first kappa shape index (κ1) is 15.8. The Bertz CT molecular complexity index is 714. The summed E-state index contributed by atoms with van der Waals surface area (Å²) in [5.41, 5.74) is 8.53. The van der Waals surface area contributed by atoms with Crippen LogP contribution in [0.2, 0.25) is 0 Å². The second-order valence-electron chi connectivity index (χ2n) is 6.07. The van der Waals surface area contributed by atoms with Crippen LogP contribution >= 0.6 is 0 Å². The van der Waals surface area contributed by atoms with E-state index in [1.165, 1.54) is 27.9 Å². The van der Waals surface area contributed by atoms with Gasteiger partial charge in [0.2, 0.25) is 0 Å².